The molecule has 7 nitrogen and oxygen atoms in total. The summed E-state index contributed by atoms with van der Waals surface area (Å²) in [5.41, 5.74) is 3.72. The lowest BCUT2D eigenvalue weighted by Crippen LogP contribution is -2.33. The lowest BCUT2D eigenvalue weighted by Gasteiger charge is -2.22. The zero-order chi connectivity index (χ0) is 26.7. The second-order valence-electron chi connectivity index (χ2n) is 9.26. The van der Waals surface area contributed by atoms with Gasteiger partial charge in [-0.1, -0.05) is 55.3 Å². The van der Waals surface area contributed by atoms with E-state index < -0.39 is 0 Å². The molecule has 0 spiro atoms. The molecule has 0 aliphatic rings. The first kappa shape index (κ1) is 27.2. The molecular formula is C28H34Cl2N6O. The number of hydrogen-bond acceptors (Lipinski definition) is 5. The first-order valence-electron chi connectivity index (χ1n) is 12.6. The van der Waals surface area contributed by atoms with Gasteiger partial charge < -0.3 is 24.7 Å². The van der Waals surface area contributed by atoms with Crippen LogP contribution in [0.5, 0.6) is 0 Å². The first-order chi connectivity index (χ1) is 17.7. The summed E-state index contributed by atoms with van der Waals surface area (Å²) >= 11 is 12.7. The predicted molar refractivity (Wildman–Crippen MR) is 158 cm³/mol. The Balaban J connectivity index is 1.64. The number of likely N-dealkylation sites (N-methyl/N-ethyl adjacent to an activating group) is 2. The van der Waals surface area contributed by atoms with E-state index in [9.17, 15) is 4.79 Å². The monoisotopic (exact) mass is 540 g/mol. The fourth-order valence-corrected chi connectivity index (χ4v) is 5.06. The van der Waals surface area contributed by atoms with Gasteiger partial charge in [-0.05, 0) is 62.3 Å². The molecule has 196 valence electrons. The maximum absolute atomic E-state index is 13.3. The highest BCUT2D eigenvalue weighted by Gasteiger charge is 2.17. The van der Waals surface area contributed by atoms with E-state index >= 15 is 0 Å². The van der Waals surface area contributed by atoms with Crippen LogP contribution < -0.4 is 10.9 Å². The maximum atomic E-state index is 13.3. The Labute approximate surface area is 227 Å². The Bertz CT molecular complexity index is 1480. The van der Waals surface area contributed by atoms with Gasteiger partial charge >= 0.3 is 0 Å². The van der Waals surface area contributed by atoms with Gasteiger partial charge in [-0.25, -0.2) is 4.98 Å². The van der Waals surface area contributed by atoms with Crippen molar-refractivity contribution in [3.05, 3.63) is 68.1 Å². The molecule has 0 fully saturated rings. The van der Waals surface area contributed by atoms with E-state index in [4.69, 9.17) is 28.2 Å². The Morgan fingerprint density at radius 2 is 1.81 bits per heavy atom. The van der Waals surface area contributed by atoms with Crippen molar-refractivity contribution in [2.24, 2.45) is 7.05 Å². The number of aryl methyl sites for hydroxylation is 2. The van der Waals surface area contributed by atoms with Crippen LogP contribution in [0.15, 0.2) is 41.2 Å². The largest absolute Gasteiger partial charge is 0.323 e. The predicted octanol–water partition coefficient (Wildman–Crippen LogP) is 6.06. The van der Waals surface area contributed by atoms with Crippen LogP contribution in [0.4, 0.5) is 11.6 Å². The Morgan fingerprint density at radius 1 is 1.11 bits per heavy atom. The van der Waals surface area contributed by atoms with Gasteiger partial charge in [-0.3, -0.25) is 4.79 Å². The van der Waals surface area contributed by atoms with Crippen LogP contribution in [0.1, 0.15) is 25.1 Å². The van der Waals surface area contributed by atoms with Crippen molar-refractivity contribution in [1.82, 2.24) is 24.3 Å². The number of halogens is 2. The third-order valence-electron chi connectivity index (χ3n) is 6.91. The van der Waals surface area contributed by atoms with E-state index in [1.165, 1.54) is 0 Å². The molecule has 9 heteroatoms. The second kappa shape index (κ2) is 11.7. The molecule has 2 N–H and O–H groups in total. The number of H-pyrrole nitrogens is 1. The number of nitrogens with one attached hydrogen (secondary N) is 2. The van der Waals surface area contributed by atoms with Crippen molar-refractivity contribution in [2.45, 2.75) is 20.8 Å². The van der Waals surface area contributed by atoms with Crippen molar-refractivity contribution in [3.63, 3.8) is 0 Å². The number of pyridine rings is 1. The van der Waals surface area contributed by atoms with E-state index in [0.29, 0.717) is 32.6 Å². The SMILES string of the molecule is CCN(CC)CCN(C)CC=Cc1[nH]c(=O)c2c(ccc3nc(Nc4c(Cl)cccc4Cl)n(C)c32)c1C. The number of hydrogen-bond donors (Lipinski definition) is 2. The molecular weight excluding hydrogens is 507 g/mol. The lowest BCUT2D eigenvalue weighted by atomic mass is 10.0. The number of rotatable bonds is 10. The van der Waals surface area contributed by atoms with Gasteiger partial charge in [0.1, 0.15) is 0 Å². The third kappa shape index (κ3) is 5.70. The van der Waals surface area contributed by atoms with E-state index in [2.05, 4.69) is 47.1 Å². The van der Waals surface area contributed by atoms with Crippen LogP contribution in [-0.4, -0.2) is 64.1 Å². The molecule has 4 aromatic rings. The van der Waals surface area contributed by atoms with E-state index in [1.54, 1.807) is 18.2 Å². The summed E-state index contributed by atoms with van der Waals surface area (Å²) in [4.78, 5) is 25.8. The van der Waals surface area contributed by atoms with E-state index in [0.717, 1.165) is 54.9 Å². The van der Waals surface area contributed by atoms with Crippen molar-refractivity contribution >= 4 is 62.7 Å². The summed E-state index contributed by atoms with van der Waals surface area (Å²) in [7, 11) is 3.99. The van der Waals surface area contributed by atoms with Crippen LogP contribution in [0.3, 0.4) is 0 Å². The minimum atomic E-state index is -0.147. The quantitative estimate of drug-likeness (QED) is 0.256. The fraction of sp³-hybridized carbons (Fsp3) is 0.357. The summed E-state index contributed by atoms with van der Waals surface area (Å²) in [6.07, 6.45) is 4.11. The number of nitrogens with zero attached hydrogens (tertiary/aromatic N) is 4. The number of fused-ring (bicyclic) bond motifs is 3. The second-order valence-corrected chi connectivity index (χ2v) is 10.1. The van der Waals surface area contributed by atoms with Gasteiger partial charge in [0, 0.05) is 32.4 Å². The average molecular weight is 542 g/mol. The van der Waals surface area contributed by atoms with Crippen molar-refractivity contribution in [1.29, 1.82) is 0 Å². The molecule has 0 aliphatic carbocycles. The minimum Gasteiger partial charge on any atom is -0.323 e. The highest BCUT2D eigenvalue weighted by Crippen LogP contribution is 2.34. The summed E-state index contributed by atoms with van der Waals surface area (Å²) in [6.45, 7) is 11.4. The molecule has 0 saturated carbocycles. The standard InChI is InChI=1S/C28H34Cl2N6O/c1-6-36(7-2)17-16-34(4)15-9-12-22-18(3)19-13-14-23-26(24(19)27(37)31-22)35(5)28(32-23)33-25-20(29)10-8-11-21(25)30/h8-14H,6-7,15-17H2,1-5H3,(H,31,37)(H,32,33). The normalized spacial score (nSPS) is 12.1. The van der Waals surface area contributed by atoms with Gasteiger partial charge in [0.2, 0.25) is 5.95 Å². The van der Waals surface area contributed by atoms with Crippen molar-refractivity contribution < 1.29 is 0 Å². The zero-order valence-electron chi connectivity index (χ0n) is 22.0. The van der Waals surface area contributed by atoms with Gasteiger partial charge in [-0.15, -0.1) is 0 Å². The number of anilines is 2. The summed E-state index contributed by atoms with van der Waals surface area (Å²) in [5.74, 6) is 0.547. The maximum Gasteiger partial charge on any atom is 0.258 e. The van der Waals surface area contributed by atoms with Crippen LogP contribution in [0.2, 0.25) is 10.0 Å². The van der Waals surface area contributed by atoms with Crippen LogP contribution in [0.25, 0.3) is 27.9 Å². The molecule has 0 bridgehead atoms. The molecule has 37 heavy (non-hydrogen) atoms. The highest BCUT2D eigenvalue weighted by atomic mass is 35.5. The van der Waals surface area contributed by atoms with Crippen molar-refractivity contribution in [3.8, 4) is 0 Å². The number of para-hydroxylation sites is 1. The molecule has 2 aromatic heterocycles. The first-order valence-corrected chi connectivity index (χ1v) is 13.3. The smallest absolute Gasteiger partial charge is 0.258 e. The van der Waals surface area contributed by atoms with Crippen LogP contribution >= 0.6 is 23.2 Å². The number of imidazole rings is 1. The average Bonchev–Trinajstić information content (AvgIpc) is 3.20. The molecule has 4 rings (SSSR count). The molecule has 0 amide bonds. The molecule has 0 unspecified atom stereocenters. The molecule has 2 heterocycles. The molecule has 2 aromatic carbocycles. The topological polar surface area (TPSA) is 69.2 Å². The summed E-state index contributed by atoms with van der Waals surface area (Å²) < 4.78 is 1.87. The zero-order valence-corrected chi connectivity index (χ0v) is 23.5. The summed E-state index contributed by atoms with van der Waals surface area (Å²) in [6, 6.07) is 9.23. The Morgan fingerprint density at radius 3 is 2.49 bits per heavy atom. The molecule has 0 saturated heterocycles. The fourth-order valence-electron chi connectivity index (χ4n) is 4.57. The van der Waals surface area contributed by atoms with E-state index in [1.807, 2.05) is 36.7 Å². The molecule has 0 aliphatic heterocycles. The number of aromatic amines is 1. The van der Waals surface area contributed by atoms with Crippen LogP contribution in [0, 0.1) is 6.92 Å². The van der Waals surface area contributed by atoms with Crippen molar-refractivity contribution in [2.75, 3.05) is 45.1 Å². The molecule has 0 atom stereocenters. The third-order valence-corrected chi connectivity index (χ3v) is 7.54. The Hall–Kier alpha value is -2.84. The van der Waals surface area contributed by atoms with E-state index in [-0.39, 0.29) is 5.56 Å². The van der Waals surface area contributed by atoms with Gasteiger partial charge in [0.15, 0.2) is 0 Å². The Kier molecular flexibility index (Phi) is 8.60. The lowest BCUT2D eigenvalue weighted by molar-refractivity contribution is 0.252. The highest BCUT2D eigenvalue weighted by molar-refractivity contribution is 6.39. The molecule has 0 radical (unpaired) electrons. The number of aromatic nitrogens is 3. The summed E-state index contributed by atoms with van der Waals surface area (Å²) in [5, 5.41) is 5.72. The number of benzene rings is 2. The van der Waals surface area contributed by atoms with Gasteiger partial charge in [0.25, 0.3) is 5.56 Å². The van der Waals surface area contributed by atoms with Crippen LogP contribution in [-0.2, 0) is 7.05 Å². The minimum absolute atomic E-state index is 0.147. The van der Waals surface area contributed by atoms with Gasteiger partial charge in [0.05, 0.1) is 32.2 Å². The van der Waals surface area contributed by atoms with Gasteiger partial charge in [-0.2, -0.15) is 0 Å².